The van der Waals surface area contributed by atoms with E-state index in [1.165, 1.54) is 12.1 Å². The van der Waals surface area contributed by atoms with Crippen molar-refractivity contribution < 1.29 is 4.39 Å². The highest BCUT2D eigenvalue weighted by Crippen LogP contribution is 2.23. The SMILES string of the molecule is CCC(N)C(c1cccc(F)c1)n1ccc(C)n1. The van der Waals surface area contributed by atoms with E-state index in [9.17, 15) is 4.39 Å². The molecule has 96 valence electrons. The number of aryl methyl sites for hydroxylation is 1. The van der Waals surface area contributed by atoms with Gasteiger partial charge in [-0.25, -0.2) is 4.39 Å². The Morgan fingerprint density at radius 1 is 1.39 bits per heavy atom. The summed E-state index contributed by atoms with van der Waals surface area (Å²) in [4.78, 5) is 0. The van der Waals surface area contributed by atoms with Crippen LogP contribution in [0.5, 0.6) is 0 Å². The first-order chi connectivity index (χ1) is 8.61. The van der Waals surface area contributed by atoms with Crippen LogP contribution in [0.4, 0.5) is 4.39 Å². The molecule has 18 heavy (non-hydrogen) atoms. The molecule has 0 bridgehead atoms. The van der Waals surface area contributed by atoms with Gasteiger partial charge in [0.25, 0.3) is 0 Å². The molecule has 2 N–H and O–H groups in total. The van der Waals surface area contributed by atoms with E-state index in [4.69, 9.17) is 5.73 Å². The van der Waals surface area contributed by atoms with Gasteiger partial charge in [0.2, 0.25) is 0 Å². The van der Waals surface area contributed by atoms with Crippen LogP contribution >= 0.6 is 0 Å². The molecule has 0 fully saturated rings. The summed E-state index contributed by atoms with van der Waals surface area (Å²) in [6.07, 6.45) is 2.69. The first kappa shape index (κ1) is 12.8. The van der Waals surface area contributed by atoms with Gasteiger partial charge in [-0.2, -0.15) is 5.10 Å². The van der Waals surface area contributed by atoms with E-state index < -0.39 is 0 Å². The van der Waals surface area contributed by atoms with Crippen molar-refractivity contribution in [2.75, 3.05) is 0 Å². The maximum Gasteiger partial charge on any atom is 0.123 e. The first-order valence-corrected chi connectivity index (χ1v) is 6.14. The summed E-state index contributed by atoms with van der Waals surface area (Å²) >= 11 is 0. The molecule has 2 aromatic rings. The molecule has 0 saturated carbocycles. The summed E-state index contributed by atoms with van der Waals surface area (Å²) in [6.45, 7) is 3.95. The van der Waals surface area contributed by atoms with Crippen molar-refractivity contribution in [1.82, 2.24) is 9.78 Å². The number of hydrogen-bond donors (Lipinski definition) is 1. The van der Waals surface area contributed by atoms with E-state index >= 15 is 0 Å². The summed E-state index contributed by atoms with van der Waals surface area (Å²) in [5.74, 6) is -0.246. The maximum absolute atomic E-state index is 13.3. The van der Waals surface area contributed by atoms with Gasteiger partial charge in [0.15, 0.2) is 0 Å². The fraction of sp³-hybridized carbons (Fsp3) is 0.357. The van der Waals surface area contributed by atoms with Gasteiger partial charge in [0, 0.05) is 12.2 Å². The molecule has 0 aliphatic heterocycles. The van der Waals surface area contributed by atoms with Gasteiger partial charge in [-0.05, 0) is 37.1 Å². The van der Waals surface area contributed by atoms with Crippen LogP contribution in [0, 0.1) is 12.7 Å². The third-order valence-corrected chi connectivity index (χ3v) is 3.09. The van der Waals surface area contributed by atoms with Gasteiger partial charge < -0.3 is 5.73 Å². The summed E-state index contributed by atoms with van der Waals surface area (Å²) < 4.78 is 15.2. The Bertz CT molecular complexity index is 521. The number of hydrogen-bond acceptors (Lipinski definition) is 2. The lowest BCUT2D eigenvalue weighted by atomic mass is 9.98. The summed E-state index contributed by atoms with van der Waals surface area (Å²) in [5, 5.41) is 4.40. The van der Waals surface area contributed by atoms with Crippen molar-refractivity contribution in [3.63, 3.8) is 0 Å². The topological polar surface area (TPSA) is 43.8 Å². The molecule has 0 aliphatic rings. The second kappa shape index (κ2) is 5.31. The second-order valence-electron chi connectivity index (χ2n) is 4.51. The molecule has 1 aromatic carbocycles. The monoisotopic (exact) mass is 247 g/mol. The van der Waals surface area contributed by atoms with E-state index in [1.807, 2.05) is 36.9 Å². The van der Waals surface area contributed by atoms with Crippen molar-refractivity contribution in [3.8, 4) is 0 Å². The minimum absolute atomic E-state index is 0.0916. The Hall–Kier alpha value is -1.68. The molecular weight excluding hydrogens is 229 g/mol. The molecular formula is C14H18FN3. The molecule has 0 amide bonds. The predicted molar refractivity (Wildman–Crippen MR) is 69.8 cm³/mol. The highest BCUT2D eigenvalue weighted by Gasteiger charge is 2.21. The molecule has 1 aromatic heterocycles. The Labute approximate surface area is 106 Å². The van der Waals surface area contributed by atoms with E-state index in [0.29, 0.717) is 0 Å². The van der Waals surface area contributed by atoms with Crippen LogP contribution in [0.3, 0.4) is 0 Å². The summed E-state index contributed by atoms with van der Waals surface area (Å²) in [6, 6.07) is 8.26. The minimum atomic E-state index is -0.246. The largest absolute Gasteiger partial charge is 0.326 e. The predicted octanol–water partition coefficient (Wildman–Crippen LogP) is 2.66. The van der Waals surface area contributed by atoms with Crippen LogP contribution in [0.2, 0.25) is 0 Å². The first-order valence-electron chi connectivity index (χ1n) is 6.14. The number of benzene rings is 1. The molecule has 0 radical (unpaired) electrons. The van der Waals surface area contributed by atoms with Gasteiger partial charge in [-0.3, -0.25) is 4.68 Å². The zero-order valence-corrected chi connectivity index (χ0v) is 10.7. The lowest BCUT2D eigenvalue weighted by Crippen LogP contribution is -2.33. The molecule has 1 heterocycles. The standard InChI is InChI=1S/C14H18FN3/c1-3-13(16)14(18-8-7-10(2)17-18)11-5-4-6-12(15)9-11/h4-9,13-14H,3,16H2,1-2H3. The number of nitrogens with two attached hydrogens (primary N) is 1. The lowest BCUT2D eigenvalue weighted by Gasteiger charge is -2.24. The summed E-state index contributed by atoms with van der Waals surface area (Å²) in [5.41, 5.74) is 7.94. The van der Waals surface area contributed by atoms with Crippen molar-refractivity contribution in [2.24, 2.45) is 5.73 Å². The molecule has 2 atom stereocenters. The van der Waals surface area contributed by atoms with Crippen molar-refractivity contribution in [3.05, 3.63) is 53.6 Å². The maximum atomic E-state index is 13.3. The van der Waals surface area contributed by atoms with E-state index in [-0.39, 0.29) is 17.9 Å². The highest BCUT2D eigenvalue weighted by molar-refractivity contribution is 5.22. The average Bonchev–Trinajstić information content (AvgIpc) is 2.76. The van der Waals surface area contributed by atoms with Crippen LogP contribution < -0.4 is 5.73 Å². The quantitative estimate of drug-likeness (QED) is 0.902. The number of rotatable bonds is 4. The van der Waals surface area contributed by atoms with E-state index in [1.54, 1.807) is 6.07 Å². The van der Waals surface area contributed by atoms with Crippen LogP contribution in [0.15, 0.2) is 36.5 Å². The van der Waals surface area contributed by atoms with E-state index in [0.717, 1.165) is 17.7 Å². The fourth-order valence-corrected chi connectivity index (χ4v) is 2.10. The molecule has 2 rings (SSSR count). The normalized spacial score (nSPS) is 14.4. The zero-order valence-electron chi connectivity index (χ0n) is 10.7. The van der Waals surface area contributed by atoms with Crippen molar-refractivity contribution in [1.29, 1.82) is 0 Å². The van der Waals surface area contributed by atoms with E-state index in [2.05, 4.69) is 5.10 Å². The van der Waals surface area contributed by atoms with Gasteiger partial charge in [-0.1, -0.05) is 19.1 Å². The number of nitrogens with zero attached hydrogens (tertiary/aromatic N) is 2. The molecule has 3 nitrogen and oxygen atoms in total. The number of halogens is 1. The van der Waals surface area contributed by atoms with Crippen LogP contribution in [0.1, 0.15) is 30.6 Å². The third kappa shape index (κ3) is 2.59. The molecule has 0 aliphatic carbocycles. The Kier molecular flexibility index (Phi) is 3.77. The van der Waals surface area contributed by atoms with Crippen LogP contribution in [-0.4, -0.2) is 15.8 Å². The molecule has 4 heteroatoms. The fourth-order valence-electron chi connectivity index (χ4n) is 2.10. The van der Waals surface area contributed by atoms with Gasteiger partial charge >= 0.3 is 0 Å². The van der Waals surface area contributed by atoms with Crippen molar-refractivity contribution >= 4 is 0 Å². The summed E-state index contributed by atoms with van der Waals surface area (Å²) in [7, 11) is 0. The van der Waals surface area contributed by atoms with Crippen LogP contribution in [0.25, 0.3) is 0 Å². The van der Waals surface area contributed by atoms with Crippen LogP contribution in [-0.2, 0) is 0 Å². The van der Waals surface area contributed by atoms with Crippen molar-refractivity contribution in [2.45, 2.75) is 32.4 Å². The Morgan fingerprint density at radius 3 is 2.72 bits per heavy atom. The van der Waals surface area contributed by atoms with Gasteiger partial charge in [-0.15, -0.1) is 0 Å². The Morgan fingerprint density at radius 2 is 2.17 bits per heavy atom. The zero-order chi connectivity index (χ0) is 13.1. The average molecular weight is 247 g/mol. The number of aromatic nitrogens is 2. The lowest BCUT2D eigenvalue weighted by molar-refractivity contribution is 0.421. The molecule has 2 unspecified atom stereocenters. The van der Waals surface area contributed by atoms with Gasteiger partial charge in [0.05, 0.1) is 11.7 Å². The highest BCUT2D eigenvalue weighted by atomic mass is 19.1. The minimum Gasteiger partial charge on any atom is -0.326 e. The Balaban J connectivity index is 2.43. The molecule has 0 spiro atoms. The second-order valence-corrected chi connectivity index (χ2v) is 4.51. The molecule has 0 saturated heterocycles. The third-order valence-electron chi connectivity index (χ3n) is 3.09. The van der Waals surface area contributed by atoms with Gasteiger partial charge in [0.1, 0.15) is 5.82 Å². The smallest absolute Gasteiger partial charge is 0.123 e.